The van der Waals surface area contributed by atoms with Crippen LogP contribution in [0.3, 0.4) is 0 Å². The predicted octanol–water partition coefficient (Wildman–Crippen LogP) is 7.29. The molecule has 1 saturated carbocycles. The minimum atomic E-state index is -4.45. The number of aryl methyl sites for hydroxylation is 1. The molecule has 4 aromatic rings. The smallest absolute Gasteiger partial charge is 0.348 e. The van der Waals surface area contributed by atoms with Crippen molar-refractivity contribution in [3.05, 3.63) is 113 Å². The molecule has 6 rings (SSSR count). The van der Waals surface area contributed by atoms with E-state index >= 15 is 0 Å². The van der Waals surface area contributed by atoms with Crippen LogP contribution in [0.5, 0.6) is 0 Å². The van der Waals surface area contributed by atoms with Crippen molar-refractivity contribution < 1.29 is 32.2 Å². The second-order valence-corrected chi connectivity index (χ2v) is 11.6. The Morgan fingerprint density at radius 3 is 2.24 bits per heavy atom. The van der Waals surface area contributed by atoms with Crippen LogP contribution in [0.4, 0.5) is 18.9 Å². The average molecular weight is 618 g/mol. The maximum Gasteiger partial charge on any atom is 0.416 e. The molecule has 2 fully saturated rings. The molecule has 2 aliphatic rings. The van der Waals surface area contributed by atoms with Crippen molar-refractivity contribution in [2.45, 2.75) is 50.1 Å². The summed E-state index contributed by atoms with van der Waals surface area (Å²) in [4.78, 5) is 26.3. The van der Waals surface area contributed by atoms with Crippen molar-refractivity contribution in [3.8, 4) is 11.1 Å². The number of nitrogens with zero attached hydrogens (tertiary/aromatic N) is 1. The summed E-state index contributed by atoms with van der Waals surface area (Å²) in [6.45, 7) is 1.70. The fourth-order valence-electron chi connectivity index (χ4n) is 6.19. The van der Waals surface area contributed by atoms with Crippen LogP contribution in [0.2, 0.25) is 0 Å². The highest BCUT2D eigenvalue weighted by Crippen LogP contribution is 2.42. The number of anilines is 1. The molecule has 1 aliphatic carbocycles. The molecule has 45 heavy (non-hydrogen) atoms. The summed E-state index contributed by atoms with van der Waals surface area (Å²) >= 11 is 0. The monoisotopic (exact) mass is 617 g/mol. The van der Waals surface area contributed by atoms with Crippen molar-refractivity contribution in [1.29, 1.82) is 0 Å². The van der Waals surface area contributed by atoms with Crippen molar-refractivity contribution in [1.82, 2.24) is 9.88 Å². The molecule has 3 aromatic carbocycles. The third-order valence-corrected chi connectivity index (χ3v) is 8.66. The number of benzene rings is 3. The van der Waals surface area contributed by atoms with Crippen LogP contribution in [0, 0.1) is 0 Å². The lowest BCUT2D eigenvalue weighted by Gasteiger charge is -2.35. The summed E-state index contributed by atoms with van der Waals surface area (Å²) in [5.41, 5.74) is 3.55. The van der Waals surface area contributed by atoms with E-state index in [1.807, 2.05) is 12.1 Å². The zero-order valence-corrected chi connectivity index (χ0v) is 24.8. The van der Waals surface area contributed by atoms with E-state index in [1.165, 1.54) is 17.7 Å². The van der Waals surface area contributed by atoms with E-state index < -0.39 is 17.6 Å². The fraction of sp³-hybridized carbons (Fsp3) is 0.314. The summed E-state index contributed by atoms with van der Waals surface area (Å²) in [6.07, 6.45) is 1.03. The van der Waals surface area contributed by atoms with Gasteiger partial charge in [-0.25, -0.2) is 0 Å². The number of amides is 2. The molecule has 234 valence electrons. The number of carbonyl (C=O) groups is 2. The largest absolute Gasteiger partial charge is 0.416 e. The Hall–Kier alpha value is -4.41. The summed E-state index contributed by atoms with van der Waals surface area (Å²) in [7, 11) is 1.71. The second-order valence-electron chi connectivity index (χ2n) is 11.6. The third-order valence-electron chi connectivity index (χ3n) is 8.66. The lowest BCUT2D eigenvalue weighted by molar-refractivity contribution is -0.178. The van der Waals surface area contributed by atoms with Gasteiger partial charge in [0.1, 0.15) is 5.69 Å². The van der Waals surface area contributed by atoms with Gasteiger partial charge in [0.15, 0.2) is 5.79 Å². The highest BCUT2D eigenvalue weighted by molar-refractivity contribution is 6.09. The van der Waals surface area contributed by atoms with Crippen LogP contribution in [0.25, 0.3) is 11.1 Å². The summed E-state index contributed by atoms with van der Waals surface area (Å²) in [6, 6.07) is 21.3. The maximum absolute atomic E-state index is 13.2. The Balaban J connectivity index is 1.06. The van der Waals surface area contributed by atoms with Gasteiger partial charge < -0.3 is 24.7 Å². The van der Waals surface area contributed by atoms with Crippen LogP contribution >= 0.6 is 0 Å². The number of halogens is 3. The number of aromatic nitrogens is 1. The standard InChI is InChI=1S/C35H34F3N3O4/c1-41-22-28(40-32(42)30-5-3-2-4-29(30)26-10-12-27(13-11-26)35(36,37)38)20-31(41)33(43)39-21-23-6-8-24(9-7-23)25-14-16-34(17-15-25)44-18-19-45-34/h2-13,20,22,25H,14-19,21H2,1H3,(H,39,43)(H,40,42). The number of rotatable bonds is 7. The Morgan fingerprint density at radius 1 is 0.911 bits per heavy atom. The van der Waals surface area contributed by atoms with E-state index in [9.17, 15) is 22.8 Å². The highest BCUT2D eigenvalue weighted by Gasteiger charge is 2.40. The van der Waals surface area contributed by atoms with Gasteiger partial charge in [0.05, 0.1) is 24.5 Å². The van der Waals surface area contributed by atoms with E-state index in [2.05, 4.69) is 22.8 Å². The SMILES string of the molecule is Cn1cc(NC(=O)c2ccccc2-c2ccc(C(F)(F)F)cc2)cc1C(=O)NCc1ccc(C2CCC3(CC2)OCCO3)cc1. The van der Waals surface area contributed by atoms with Crippen LogP contribution < -0.4 is 10.6 Å². The molecule has 1 saturated heterocycles. The molecular formula is C35H34F3N3O4. The number of ether oxygens (including phenoxy) is 2. The minimum absolute atomic E-state index is 0.290. The van der Waals surface area contributed by atoms with Crippen molar-refractivity contribution in [2.24, 2.45) is 7.05 Å². The molecule has 2 amide bonds. The van der Waals surface area contributed by atoms with Crippen LogP contribution in [0.1, 0.15) is 69.1 Å². The van der Waals surface area contributed by atoms with Gasteiger partial charge >= 0.3 is 6.18 Å². The van der Waals surface area contributed by atoms with Gasteiger partial charge in [0.25, 0.3) is 11.8 Å². The van der Waals surface area contributed by atoms with Crippen LogP contribution in [0.15, 0.2) is 85.1 Å². The lowest BCUT2D eigenvalue weighted by atomic mass is 9.81. The Kier molecular flexibility index (Phi) is 8.52. The summed E-state index contributed by atoms with van der Waals surface area (Å²) in [5.74, 6) is -0.646. The van der Waals surface area contributed by atoms with Crippen LogP contribution in [-0.4, -0.2) is 35.4 Å². The van der Waals surface area contributed by atoms with Gasteiger partial charge in [-0.15, -0.1) is 0 Å². The highest BCUT2D eigenvalue weighted by atomic mass is 19.4. The number of hydrogen-bond donors (Lipinski definition) is 2. The number of carbonyl (C=O) groups excluding carboxylic acids is 2. The number of nitrogens with one attached hydrogen (secondary N) is 2. The maximum atomic E-state index is 13.2. The number of hydrogen-bond acceptors (Lipinski definition) is 4. The molecule has 0 unspecified atom stereocenters. The first kappa shape index (κ1) is 30.6. The van der Waals surface area contributed by atoms with E-state index in [0.717, 1.165) is 43.4 Å². The zero-order chi connectivity index (χ0) is 31.6. The van der Waals surface area contributed by atoms with Crippen molar-refractivity contribution in [2.75, 3.05) is 18.5 Å². The van der Waals surface area contributed by atoms with E-state index in [4.69, 9.17) is 9.47 Å². The van der Waals surface area contributed by atoms with Gasteiger partial charge in [-0.2, -0.15) is 13.2 Å². The molecule has 0 bridgehead atoms. The van der Waals surface area contributed by atoms with E-state index in [0.29, 0.717) is 53.7 Å². The number of alkyl halides is 3. The Bertz CT molecular complexity index is 1660. The molecular weight excluding hydrogens is 583 g/mol. The molecule has 0 radical (unpaired) electrons. The first-order chi connectivity index (χ1) is 21.6. The van der Waals surface area contributed by atoms with Gasteiger partial charge in [-0.3, -0.25) is 9.59 Å². The first-order valence-corrected chi connectivity index (χ1v) is 15.0. The van der Waals surface area contributed by atoms with Gasteiger partial charge in [0.2, 0.25) is 0 Å². The molecule has 10 heteroatoms. The van der Waals surface area contributed by atoms with Crippen molar-refractivity contribution >= 4 is 17.5 Å². The molecule has 2 N–H and O–H groups in total. The first-order valence-electron chi connectivity index (χ1n) is 15.0. The lowest BCUT2D eigenvalue weighted by Crippen LogP contribution is -2.34. The fourth-order valence-corrected chi connectivity index (χ4v) is 6.19. The molecule has 1 aliphatic heterocycles. The Morgan fingerprint density at radius 2 is 1.58 bits per heavy atom. The minimum Gasteiger partial charge on any atom is -0.348 e. The summed E-state index contributed by atoms with van der Waals surface area (Å²) < 4.78 is 52.4. The predicted molar refractivity (Wildman–Crippen MR) is 164 cm³/mol. The molecule has 7 nitrogen and oxygen atoms in total. The quantitative estimate of drug-likeness (QED) is 0.228. The van der Waals surface area contributed by atoms with Gasteiger partial charge in [0, 0.05) is 38.2 Å². The van der Waals surface area contributed by atoms with Gasteiger partial charge in [-0.1, -0.05) is 54.6 Å². The molecule has 1 aromatic heterocycles. The molecule has 1 spiro atoms. The van der Waals surface area contributed by atoms with E-state index in [-0.39, 0.29) is 11.7 Å². The molecule has 0 atom stereocenters. The van der Waals surface area contributed by atoms with E-state index in [1.54, 1.807) is 48.1 Å². The topological polar surface area (TPSA) is 81.6 Å². The van der Waals surface area contributed by atoms with Gasteiger partial charge in [-0.05, 0) is 65.3 Å². The molecule has 2 heterocycles. The third kappa shape index (κ3) is 6.82. The average Bonchev–Trinajstić information content (AvgIpc) is 3.66. The van der Waals surface area contributed by atoms with Crippen molar-refractivity contribution in [3.63, 3.8) is 0 Å². The zero-order valence-electron chi connectivity index (χ0n) is 24.8. The Labute approximate surface area is 259 Å². The van der Waals surface area contributed by atoms with Crippen LogP contribution in [-0.2, 0) is 29.2 Å². The normalized spacial score (nSPS) is 16.5. The second kappa shape index (κ2) is 12.5. The summed E-state index contributed by atoms with van der Waals surface area (Å²) in [5, 5.41) is 5.76.